The molecule has 3 atom stereocenters. The van der Waals surface area contributed by atoms with Crippen molar-refractivity contribution in [1.29, 1.82) is 0 Å². The quantitative estimate of drug-likeness (QED) is 0.739. The first-order valence-electron chi connectivity index (χ1n) is 7.31. The number of rotatable bonds is 0. The highest BCUT2D eigenvalue weighted by Crippen LogP contribution is 2.44. The van der Waals surface area contributed by atoms with Gasteiger partial charge in [-0.05, 0) is 56.4 Å². The number of alkyl halides is 1. The molecule has 2 aromatic rings. The van der Waals surface area contributed by atoms with E-state index in [1.54, 1.807) is 0 Å². The Morgan fingerprint density at radius 2 is 1.80 bits per heavy atom. The number of hydrogen-bond acceptors (Lipinski definition) is 3. The molecule has 1 aliphatic heterocycles. The van der Waals surface area contributed by atoms with Gasteiger partial charge in [0.1, 0.15) is 5.82 Å². The molecule has 0 saturated heterocycles. The molecule has 104 valence electrons. The third kappa shape index (κ3) is 1.85. The van der Waals surface area contributed by atoms with Crippen molar-refractivity contribution in [2.75, 3.05) is 5.32 Å². The van der Waals surface area contributed by atoms with E-state index in [4.69, 9.17) is 9.97 Å². The second-order valence-corrected chi connectivity index (χ2v) is 7.45. The molecule has 0 spiro atoms. The third-order valence-electron chi connectivity index (χ3n) is 4.77. The van der Waals surface area contributed by atoms with Crippen molar-refractivity contribution in [1.82, 2.24) is 9.97 Å². The second kappa shape index (κ2) is 4.42. The number of aromatic nitrogens is 2. The Balaban J connectivity index is 1.86. The van der Waals surface area contributed by atoms with Crippen molar-refractivity contribution in [2.45, 2.75) is 49.9 Å². The van der Waals surface area contributed by atoms with E-state index in [0.717, 1.165) is 23.3 Å². The first-order valence-corrected chi connectivity index (χ1v) is 8.23. The molecule has 1 N–H and O–H groups in total. The number of halogens is 1. The van der Waals surface area contributed by atoms with Crippen molar-refractivity contribution in [2.24, 2.45) is 0 Å². The largest absolute Gasteiger partial charge is 0.365 e. The fraction of sp³-hybridized carbons (Fsp3) is 0.500. The fourth-order valence-corrected chi connectivity index (χ4v) is 4.13. The Bertz CT molecular complexity index is 698. The molecule has 1 aromatic carbocycles. The van der Waals surface area contributed by atoms with Crippen molar-refractivity contribution < 1.29 is 0 Å². The lowest BCUT2D eigenvalue weighted by Gasteiger charge is -2.28. The van der Waals surface area contributed by atoms with E-state index >= 15 is 0 Å². The Labute approximate surface area is 127 Å². The highest BCUT2D eigenvalue weighted by Gasteiger charge is 2.39. The van der Waals surface area contributed by atoms with Crippen LogP contribution in [0.5, 0.6) is 0 Å². The number of anilines is 1. The zero-order valence-electron chi connectivity index (χ0n) is 11.8. The van der Waals surface area contributed by atoms with E-state index in [0.29, 0.717) is 16.8 Å². The van der Waals surface area contributed by atoms with E-state index in [2.05, 4.69) is 47.2 Å². The van der Waals surface area contributed by atoms with Crippen molar-refractivity contribution in [3.63, 3.8) is 0 Å². The Hall–Kier alpha value is -1.16. The standard InChI is InChI=1S/C16H18BrN3/c1-8-5-13-14(6-9(8)2)20-16-15(18-13)11-7-10(17)3-4-12(11)19-16/h5-6,10-12H,3-4,7H2,1-2H3,(H,19,20)/t10-,11-,12-/m0/s1. The van der Waals surface area contributed by atoms with E-state index in [9.17, 15) is 0 Å². The SMILES string of the molecule is Cc1cc2nc3c(nc2cc1C)[C@H]1C[C@@H](Br)CC[C@@H]1N3. The monoisotopic (exact) mass is 331 g/mol. The van der Waals surface area contributed by atoms with Gasteiger partial charge >= 0.3 is 0 Å². The van der Waals surface area contributed by atoms with Crippen LogP contribution < -0.4 is 5.32 Å². The summed E-state index contributed by atoms with van der Waals surface area (Å²) in [5, 5.41) is 3.59. The second-order valence-electron chi connectivity index (χ2n) is 6.15. The van der Waals surface area contributed by atoms with Crippen LogP contribution in [0.4, 0.5) is 5.82 Å². The van der Waals surface area contributed by atoms with E-state index < -0.39 is 0 Å². The normalized spacial score (nSPS) is 28.1. The fourth-order valence-electron chi connectivity index (χ4n) is 3.46. The van der Waals surface area contributed by atoms with E-state index in [1.807, 2.05) is 0 Å². The average Bonchev–Trinajstić information content (AvgIpc) is 2.75. The Morgan fingerprint density at radius 1 is 1.10 bits per heavy atom. The molecule has 1 aliphatic carbocycles. The molecule has 20 heavy (non-hydrogen) atoms. The maximum absolute atomic E-state index is 4.93. The first kappa shape index (κ1) is 12.6. The molecule has 0 amide bonds. The van der Waals surface area contributed by atoms with Crippen LogP contribution in [0.15, 0.2) is 12.1 Å². The van der Waals surface area contributed by atoms with E-state index in [1.165, 1.54) is 29.7 Å². The number of fused-ring (bicyclic) bond motifs is 4. The zero-order valence-corrected chi connectivity index (χ0v) is 13.4. The lowest BCUT2D eigenvalue weighted by molar-refractivity contribution is 0.430. The summed E-state index contributed by atoms with van der Waals surface area (Å²) < 4.78 is 0. The van der Waals surface area contributed by atoms with Crippen LogP contribution in [0.2, 0.25) is 0 Å². The van der Waals surface area contributed by atoms with Gasteiger partial charge in [0.15, 0.2) is 0 Å². The average molecular weight is 332 g/mol. The minimum Gasteiger partial charge on any atom is -0.365 e. The molecule has 4 rings (SSSR count). The van der Waals surface area contributed by atoms with E-state index in [-0.39, 0.29) is 0 Å². The van der Waals surface area contributed by atoms with Gasteiger partial charge in [0.05, 0.1) is 16.7 Å². The van der Waals surface area contributed by atoms with Crippen LogP contribution in [0.25, 0.3) is 11.0 Å². The molecular formula is C16H18BrN3. The van der Waals surface area contributed by atoms with Crippen LogP contribution >= 0.6 is 15.9 Å². The predicted molar refractivity (Wildman–Crippen MR) is 85.7 cm³/mol. The van der Waals surface area contributed by atoms with Gasteiger partial charge in [-0.3, -0.25) is 0 Å². The minimum absolute atomic E-state index is 0.515. The Kier molecular flexibility index (Phi) is 2.78. The lowest BCUT2D eigenvalue weighted by Crippen LogP contribution is -2.28. The molecule has 0 unspecified atom stereocenters. The first-order chi connectivity index (χ1) is 9.61. The summed E-state index contributed by atoms with van der Waals surface area (Å²) in [5.41, 5.74) is 5.79. The predicted octanol–water partition coefficient (Wildman–Crippen LogP) is 4.07. The summed E-state index contributed by atoms with van der Waals surface area (Å²) in [4.78, 5) is 10.4. The van der Waals surface area contributed by atoms with Gasteiger partial charge in [0.25, 0.3) is 0 Å². The summed E-state index contributed by atoms with van der Waals surface area (Å²) >= 11 is 3.77. The smallest absolute Gasteiger partial charge is 0.149 e. The molecule has 1 saturated carbocycles. The van der Waals surface area contributed by atoms with Crippen LogP contribution in [-0.4, -0.2) is 20.8 Å². The minimum atomic E-state index is 0.515. The van der Waals surface area contributed by atoms with Gasteiger partial charge in [-0.25, -0.2) is 9.97 Å². The third-order valence-corrected chi connectivity index (χ3v) is 5.60. The zero-order chi connectivity index (χ0) is 13.9. The highest BCUT2D eigenvalue weighted by molar-refractivity contribution is 9.09. The highest BCUT2D eigenvalue weighted by atomic mass is 79.9. The van der Waals surface area contributed by atoms with Crippen LogP contribution in [0.1, 0.15) is 42.0 Å². The summed E-state index contributed by atoms with van der Waals surface area (Å²) in [6.07, 6.45) is 3.60. The van der Waals surface area contributed by atoms with Gasteiger partial charge in [-0.15, -0.1) is 0 Å². The molecule has 0 bridgehead atoms. The molecule has 3 nitrogen and oxygen atoms in total. The molecule has 1 aromatic heterocycles. The topological polar surface area (TPSA) is 37.8 Å². The Morgan fingerprint density at radius 3 is 2.55 bits per heavy atom. The van der Waals surface area contributed by atoms with Gasteiger partial charge in [-0.1, -0.05) is 15.9 Å². The number of nitrogens with zero attached hydrogens (tertiary/aromatic N) is 2. The lowest BCUT2D eigenvalue weighted by atomic mass is 9.85. The van der Waals surface area contributed by atoms with Gasteiger partial charge in [0.2, 0.25) is 0 Å². The maximum Gasteiger partial charge on any atom is 0.149 e. The van der Waals surface area contributed by atoms with Crippen LogP contribution in [0, 0.1) is 13.8 Å². The van der Waals surface area contributed by atoms with Crippen molar-refractivity contribution in [3.05, 3.63) is 29.0 Å². The molecule has 1 fully saturated rings. The van der Waals surface area contributed by atoms with Crippen LogP contribution in [0.3, 0.4) is 0 Å². The summed E-state index contributed by atoms with van der Waals surface area (Å²) in [6.45, 7) is 4.27. The number of aryl methyl sites for hydroxylation is 2. The molecule has 0 radical (unpaired) electrons. The van der Waals surface area contributed by atoms with Gasteiger partial charge < -0.3 is 5.32 Å². The molecule has 2 aliphatic rings. The van der Waals surface area contributed by atoms with Crippen molar-refractivity contribution in [3.8, 4) is 0 Å². The van der Waals surface area contributed by atoms with Gasteiger partial charge in [-0.2, -0.15) is 0 Å². The summed E-state index contributed by atoms with van der Waals surface area (Å²) in [7, 11) is 0. The molecular weight excluding hydrogens is 314 g/mol. The number of benzene rings is 1. The van der Waals surface area contributed by atoms with Crippen LogP contribution in [-0.2, 0) is 0 Å². The van der Waals surface area contributed by atoms with Crippen molar-refractivity contribution >= 4 is 32.8 Å². The molecule has 4 heteroatoms. The summed E-state index contributed by atoms with van der Waals surface area (Å²) in [6, 6.07) is 4.84. The summed E-state index contributed by atoms with van der Waals surface area (Å²) in [5.74, 6) is 1.53. The maximum atomic E-state index is 4.93. The van der Waals surface area contributed by atoms with Gasteiger partial charge in [0, 0.05) is 16.8 Å². The number of hydrogen-bond donors (Lipinski definition) is 1. The molecule has 2 heterocycles. The number of nitrogens with one attached hydrogen (secondary N) is 1.